The lowest BCUT2D eigenvalue weighted by atomic mass is 9.85. The number of piperidine rings is 1. The number of likely N-dealkylation sites (tertiary alicyclic amines) is 1. The number of ether oxygens (including phenoxy) is 2. The van der Waals surface area contributed by atoms with E-state index in [2.05, 4.69) is 22.3 Å². The topological polar surface area (TPSA) is 85.9 Å². The molecule has 2 aliphatic heterocycles. The number of hydrogen-bond acceptors (Lipinski definition) is 6. The summed E-state index contributed by atoms with van der Waals surface area (Å²) in [5.74, 6) is -0.538. The van der Waals surface area contributed by atoms with Crippen LogP contribution in [0.15, 0.2) is 57.7 Å². The number of aryl methyl sites for hydroxylation is 1. The maximum absolute atomic E-state index is 12.8. The molecule has 0 unspecified atom stereocenters. The summed E-state index contributed by atoms with van der Waals surface area (Å²) in [6.07, 6.45) is 2.80. The zero-order valence-corrected chi connectivity index (χ0v) is 18.8. The van der Waals surface area contributed by atoms with E-state index in [0.717, 1.165) is 38.0 Å². The van der Waals surface area contributed by atoms with Crippen molar-refractivity contribution in [3.63, 3.8) is 0 Å². The standard InChI is InChI=1S/C25H29N3O5/c1-27-20-9-8-19(14-21(20)33-24(27)30)26-23(29)16-28-12-11-25(10-5-13-32-25)22(15-28)31-17-18-6-3-2-4-7-18/h2-4,6-9,14,22H,5,10-13,15-17H2,1H3,(H,26,29)/t22-,25+/m1/s1. The minimum Gasteiger partial charge on any atom is -0.408 e. The predicted octanol–water partition coefficient (Wildman–Crippen LogP) is 2.91. The van der Waals surface area contributed by atoms with Crippen LogP contribution in [0.4, 0.5) is 5.69 Å². The number of hydrogen-bond donors (Lipinski definition) is 1. The Kier molecular flexibility index (Phi) is 6.05. The van der Waals surface area contributed by atoms with E-state index >= 15 is 0 Å². The van der Waals surface area contributed by atoms with Crippen molar-refractivity contribution in [1.82, 2.24) is 9.47 Å². The first kappa shape index (κ1) is 21.9. The molecule has 8 nitrogen and oxygen atoms in total. The van der Waals surface area contributed by atoms with Crippen molar-refractivity contribution in [3.8, 4) is 0 Å². The van der Waals surface area contributed by atoms with Gasteiger partial charge in [-0.1, -0.05) is 30.3 Å². The number of amides is 1. The maximum atomic E-state index is 12.8. The summed E-state index contributed by atoms with van der Waals surface area (Å²) < 4.78 is 19.2. The van der Waals surface area contributed by atoms with Gasteiger partial charge in [-0.25, -0.2) is 4.79 Å². The largest absolute Gasteiger partial charge is 0.419 e. The van der Waals surface area contributed by atoms with Crippen LogP contribution in [0.5, 0.6) is 0 Å². The number of benzene rings is 2. The number of rotatable bonds is 6. The molecule has 2 atom stereocenters. The molecule has 1 N–H and O–H groups in total. The Balaban J connectivity index is 1.22. The first-order chi connectivity index (χ1) is 16.0. The van der Waals surface area contributed by atoms with Crippen molar-refractivity contribution in [3.05, 3.63) is 64.6 Å². The molecule has 1 aromatic heterocycles. The molecule has 33 heavy (non-hydrogen) atoms. The Morgan fingerprint density at radius 1 is 1.21 bits per heavy atom. The molecule has 3 aromatic rings. The first-order valence-corrected chi connectivity index (χ1v) is 11.4. The zero-order valence-electron chi connectivity index (χ0n) is 18.8. The van der Waals surface area contributed by atoms with E-state index in [9.17, 15) is 9.59 Å². The zero-order chi connectivity index (χ0) is 22.8. The summed E-state index contributed by atoms with van der Waals surface area (Å²) >= 11 is 0. The van der Waals surface area contributed by atoms with Crippen LogP contribution < -0.4 is 11.1 Å². The number of nitrogens with one attached hydrogen (secondary N) is 1. The second kappa shape index (κ2) is 9.13. The molecule has 3 heterocycles. The Morgan fingerprint density at radius 3 is 2.85 bits per heavy atom. The molecular formula is C25H29N3O5. The van der Waals surface area contributed by atoms with E-state index in [4.69, 9.17) is 13.9 Å². The van der Waals surface area contributed by atoms with Crippen LogP contribution >= 0.6 is 0 Å². The minimum atomic E-state index is -0.425. The summed E-state index contributed by atoms with van der Waals surface area (Å²) in [5, 5.41) is 2.92. The second-order valence-electron chi connectivity index (χ2n) is 8.94. The van der Waals surface area contributed by atoms with Crippen LogP contribution in [-0.2, 0) is 27.9 Å². The van der Waals surface area contributed by atoms with Gasteiger partial charge in [-0.05, 0) is 37.0 Å². The van der Waals surface area contributed by atoms with Gasteiger partial charge < -0.3 is 19.2 Å². The molecule has 2 aliphatic rings. The van der Waals surface area contributed by atoms with Gasteiger partial charge in [0.15, 0.2) is 5.58 Å². The monoisotopic (exact) mass is 451 g/mol. The highest BCUT2D eigenvalue weighted by Crippen LogP contribution is 2.38. The smallest absolute Gasteiger partial charge is 0.408 e. The number of oxazole rings is 1. The van der Waals surface area contributed by atoms with Gasteiger partial charge in [0.2, 0.25) is 5.91 Å². The Hall–Kier alpha value is -2.94. The van der Waals surface area contributed by atoms with Crippen LogP contribution in [0.2, 0.25) is 0 Å². The molecule has 2 aromatic carbocycles. The van der Waals surface area contributed by atoms with Crippen molar-refractivity contribution in [2.45, 2.75) is 37.6 Å². The number of carbonyl (C=O) groups excluding carboxylic acids is 1. The Labute approximate surface area is 192 Å². The summed E-state index contributed by atoms with van der Waals surface area (Å²) in [7, 11) is 1.65. The lowest BCUT2D eigenvalue weighted by Gasteiger charge is -2.44. The van der Waals surface area contributed by atoms with Gasteiger partial charge >= 0.3 is 5.76 Å². The van der Waals surface area contributed by atoms with Crippen LogP contribution in [0.25, 0.3) is 11.1 Å². The van der Waals surface area contributed by atoms with Crippen molar-refractivity contribution >= 4 is 22.7 Å². The highest BCUT2D eigenvalue weighted by atomic mass is 16.6. The van der Waals surface area contributed by atoms with Gasteiger partial charge in [0.25, 0.3) is 0 Å². The lowest BCUT2D eigenvalue weighted by molar-refractivity contribution is -0.159. The normalized spacial score (nSPS) is 23.4. The Morgan fingerprint density at radius 2 is 2.06 bits per heavy atom. The fraction of sp³-hybridized carbons (Fsp3) is 0.440. The fourth-order valence-corrected chi connectivity index (χ4v) is 4.91. The van der Waals surface area contributed by atoms with Crippen LogP contribution in [0, 0.1) is 0 Å². The maximum Gasteiger partial charge on any atom is 0.419 e. The van der Waals surface area contributed by atoms with E-state index in [1.54, 1.807) is 25.2 Å². The molecule has 174 valence electrons. The highest BCUT2D eigenvalue weighted by Gasteiger charge is 2.47. The van der Waals surface area contributed by atoms with Gasteiger partial charge in [-0.2, -0.15) is 0 Å². The van der Waals surface area contributed by atoms with Gasteiger partial charge in [0.05, 0.1) is 30.4 Å². The van der Waals surface area contributed by atoms with Crippen LogP contribution in [0.3, 0.4) is 0 Å². The summed E-state index contributed by atoms with van der Waals surface area (Å²) in [6.45, 7) is 2.98. The molecule has 1 spiro atoms. The predicted molar refractivity (Wildman–Crippen MR) is 124 cm³/mol. The molecule has 2 fully saturated rings. The number of fused-ring (bicyclic) bond motifs is 1. The van der Waals surface area contributed by atoms with Gasteiger partial charge in [0.1, 0.15) is 0 Å². The molecule has 0 aliphatic carbocycles. The number of carbonyl (C=O) groups is 1. The molecule has 0 radical (unpaired) electrons. The van der Waals surface area contributed by atoms with Gasteiger partial charge in [-0.3, -0.25) is 14.3 Å². The van der Waals surface area contributed by atoms with Crippen molar-refractivity contribution in [1.29, 1.82) is 0 Å². The van der Waals surface area contributed by atoms with Crippen LogP contribution in [-0.4, -0.2) is 53.3 Å². The quantitative estimate of drug-likeness (QED) is 0.620. The number of aromatic nitrogens is 1. The van der Waals surface area contributed by atoms with E-state index in [-0.39, 0.29) is 24.2 Å². The van der Waals surface area contributed by atoms with Crippen molar-refractivity contribution in [2.75, 3.05) is 31.6 Å². The molecule has 8 heteroatoms. The lowest BCUT2D eigenvalue weighted by Crippen LogP contribution is -2.57. The average Bonchev–Trinajstić information content (AvgIpc) is 3.39. The minimum absolute atomic E-state index is 0.0864. The summed E-state index contributed by atoms with van der Waals surface area (Å²) in [4.78, 5) is 26.6. The molecule has 5 rings (SSSR count). The fourth-order valence-electron chi connectivity index (χ4n) is 4.91. The van der Waals surface area contributed by atoms with Crippen LogP contribution in [0.1, 0.15) is 24.8 Å². The van der Waals surface area contributed by atoms with E-state index in [1.807, 2.05) is 18.2 Å². The molecule has 2 saturated heterocycles. The van der Waals surface area contributed by atoms with E-state index in [0.29, 0.717) is 29.9 Å². The third-order valence-corrected chi connectivity index (χ3v) is 6.73. The van der Waals surface area contributed by atoms with Crippen molar-refractivity contribution in [2.24, 2.45) is 7.05 Å². The number of anilines is 1. The van der Waals surface area contributed by atoms with Gasteiger partial charge in [-0.15, -0.1) is 0 Å². The third kappa shape index (κ3) is 4.59. The Bertz CT molecular complexity index is 1180. The van der Waals surface area contributed by atoms with E-state index in [1.165, 1.54) is 4.57 Å². The molecular weight excluding hydrogens is 422 g/mol. The number of nitrogens with zero attached hydrogens (tertiary/aromatic N) is 2. The van der Waals surface area contributed by atoms with E-state index < -0.39 is 5.76 Å². The summed E-state index contributed by atoms with van der Waals surface area (Å²) in [6, 6.07) is 15.4. The van der Waals surface area contributed by atoms with Crippen molar-refractivity contribution < 1.29 is 18.7 Å². The molecule has 1 amide bonds. The first-order valence-electron chi connectivity index (χ1n) is 11.4. The summed E-state index contributed by atoms with van der Waals surface area (Å²) in [5.41, 5.74) is 2.62. The average molecular weight is 452 g/mol. The molecule has 0 bridgehead atoms. The highest BCUT2D eigenvalue weighted by molar-refractivity contribution is 5.94. The SMILES string of the molecule is Cn1c(=O)oc2cc(NC(=O)CN3CC[C@@]4(CCCO4)[C@H](OCc4ccccc4)C3)ccc21. The van der Waals surface area contributed by atoms with Gasteiger partial charge in [0, 0.05) is 38.5 Å². The third-order valence-electron chi connectivity index (χ3n) is 6.73. The second-order valence-corrected chi connectivity index (χ2v) is 8.94. The molecule has 0 saturated carbocycles.